The smallest absolute Gasteiger partial charge is 0.151 e. The first kappa shape index (κ1) is 13.9. The van der Waals surface area contributed by atoms with Crippen LogP contribution in [-0.2, 0) is 5.41 Å². The van der Waals surface area contributed by atoms with Gasteiger partial charge in [-0.1, -0.05) is 62.4 Å². The molecule has 1 aliphatic heterocycles. The number of likely N-dealkylation sites (N-methyl/N-ethyl adjacent to an activating group) is 1. The van der Waals surface area contributed by atoms with E-state index in [0.29, 0.717) is 0 Å². The van der Waals surface area contributed by atoms with Crippen LogP contribution in [0.15, 0.2) is 60.7 Å². The van der Waals surface area contributed by atoms with Crippen LogP contribution in [0, 0.1) is 0 Å². The molecule has 2 aromatic rings. The molecule has 120 valence electrons. The standard InChI is InChI=1S/C22H21NO/c1-22(2)15-9-5-4-8-14(15)20-16(22)12-13-18-21(20)24-19-11-7-6-10-17(19)23(18)3/h4-13,17,19H,1-3H3. The van der Waals surface area contributed by atoms with Crippen molar-refractivity contribution in [1.82, 2.24) is 0 Å². The Morgan fingerprint density at radius 3 is 2.62 bits per heavy atom. The Balaban J connectivity index is 1.79. The summed E-state index contributed by atoms with van der Waals surface area (Å²) in [5.74, 6) is 1.04. The van der Waals surface area contributed by atoms with E-state index in [4.69, 9.17) is 4.74 Å². The maximum Gasteiger partial charge on any atom is 0.151 e. The van der Waals surface area contributed by atoms with Gasteiger partial charge in [0.2, 0.25) is 0 Å². The molecule has 5 rings (SSSR count). The summed E-state index contributed by atoms with van der Waals surface area (Å²) in [6.07, 6.45) is 8.66. The molecule has 2 aliphatic carbocycles. The van der Waals surface area contributed by atoms with Crippen LogP contribution in [0.3, 0.4) is 0 Å². The quantitative estimate of drug-likeness (QED) is 0.699. The summed E-state index contributed by atoms with van der Waals surface area (Å²) < 4.78 is 6.52. The third-order valence-corrected chi connectivity index (χ3v) is 5.82. The normalized spacial score (nSPS) is 24.7. The van der Waals surface area contributed by atoms with Crippen LogP contribution in [0.4, 0.5) is 5.69 Å². The van der Waals surface area contributed by atoms with Gasteiger partial charge in [-0.15, -0.1) is 0 Å². The molecule has 0 radical (unpaired) electrons. The maximum atomic E-state index is 6.52. The number of anilines is 1. The Hall–Kier alpha value is -2.48. The summed E-state index contributed by atoms with van der Waals surface area (Å²) in [7, 11) is 2.17. The van der Waals surface area contributed by atoms with Gasteiger partial charge in [0.05, 0.1) is 11.7 Å². The van der Waals surface area contributed by atoms with Crippen molar-refractivity contribution in [1.29, 1.82) is 0 Å². The minimum atomic E-state index is 0.0159. The summed E-state index contributed by atoms with van der Waals surface area (Å²) >= 11 is 0. The second-order valence-electron chi connectivity index (χ2n) is 7.46. The van der Waals surface area contributed by atoms with Gasteiger partial charge in [0.15, 0.2) is 5.75 Å². The molecule has 0 saturated carbocycles. The fraction of sp³-hybridized carbons (Fsp3) is 0.273. The van der Waals surface area contributed by atoms with E-state index in [1.54, 1.807) is 0 Å². The summed E-state index contributed by atoms with van der Waals surface area (Å²) in [4.78, 5) is 2.34. The molecule has 0 fully saturated rings. The number of hydrogen-bond donors (Lipinski definition) is 0. The molecule has 2 atom stereocenters. The third kappa shape index (κ3) is 1.61. The van der Waals surface area contributed by atoms with E-state index in [9.17, 15) is 0 Å². The number of hydrogen-bond acceptors (Lipinski definition) is 2. The number of allylic oxidation sites excluding steroid dienone is 2. The summed E-state index contributed by atoms with van der Waals surface area (Å²) in [5, 5.41) is 0. The Kier molecular flexibility index (Phi) is 2.63. The van der Waals surface area contributed by atoms with Crippen molar-refractivity contribution in [3.8, 4) is 16.9 Å². The zero-order valence-electron chi connectivity index (χ0n) is 14.3. The Labute approximate surface area is 143 Å². The van der Waals surface area contributed by atoms with Crippen LogP contribution in [0.2, 0.25) is 0 Å². The van der Waals surface area contributed by atoms with Gasteiger partial charge in [-0.3, -0.25) is 0 Å². The first-order valence-corrected chi connectivity index (χ1v) is 8.61. The second-order valence-corrected chi connectivity index (χ2v) is 7.46. The van der Waals surface area contributed by atoms with Gasteiger partial charge in [-0.25, -0.2) is 0 Å². The molecular weight excluding hydrogens is 294 g/mol. The monoisotopic (exact) mass is 315 g/mol. The van der Waals surface area contributed by atoms with Gasteiger partial charge in [0.25, 0.3) is 0 Å². The molecule has 24 heavy (non-hydrogen) atoms. The van der Waals surface area contributed by atoms with Crippen LogP contribution < -0.4 is 9.64 Å². The fourth-order valence-electron chi connectivity index (χ4n) is 4.48. The van der Waals surface area contributed by atoms with Gasteiger partial charge in [0, 0.05) is 18.0 Å². The molecule has 0 bridgehead atoms. The molecule has 1 heterocycles. The first-order valence-electron chi connectivity index (χ1n) is 8.61. The lowest BCUT2D eigenvalue weighted by Crippen LogP contribution is -2.46. The molecule has 2 unspecified atom stereocenters. The van der Waals surface area contributed by atoms with Crippen molar-refractivity contribution in [2.75, 3.05) is 11.9 Å². The molecule has 2 heteroatoms. The third-order valence-electron chi connectivity index (χ3n) is 5.82. The molecular formula is C22H21NO. The minimum absolute atomic E-state index is 0.0159. The minimum Gasteiger partial charge on any atom is -0.481 e. The maximum absolute atomic E-state index is 6.52. The molecule has 3 aliphatic rings. The molecule has 2 aromatic carbocycles. The van der Waals surface area contributed by atoms with E-state index in [1.807, 2.05) is 0 Å². The van der Waals surface area contributed by atoms with Crippen LogP contribution in [0.1, 0.15) is 25.0 Å². The molecule has 2 nitrogen and oxygen atoms in total. The highest BCUT2D eigenvalue weighted by Crippen LogP contribution is 2.56. The lowest BCUT2D eigenvalue weighted by molar-refractivity contribution is 0.216. The van der Waals surface area contributed by atoms with Gasteiger partial charge in [-0.2, -0.15) is 0 Å². The predicted molar refractivity (Wildman–Crippen MR) is 98.9 cm³/mol. The van der Waals surface area contributed by atoms with E-state index in [0.717, 1.165) is 5.75 Å². The SMILES string of the molecule is CN1c2ccc3c(c2OC2C=CC=CC21)-c1ccccc1C3(C)C. The van der Waals surface area contributed by atoms with Crippen molar-refractivity contribution in [2.24, 2.45) is 0 Å². The number of nitrogens with zero attached hydrogens (tertiary/aromatic N) is 1. The average Bonchev–Trinajstić information content (AvgIpc) is 2.84. The number of ether oxygens (including phenoxy) is 1. The number of benzene rings is 2. The van der Waals surface area contributed by atoms with Crippen molar-refractivity contribution < 1.29 is 4.74 Å². The van der Waals surface area contributed by atoms with Crippen molar-refractivity contribution in [2.45, 2.75) is 31.4 Å². The highest BCUT2D eigenvalue weighted by atomic mass is 16.5. The lowest BCUT2D eigenvalue weighted by Gasteiger charge is -2.41. The van der Waals surface area contributed by atoms with Crippen LogP contribution in [0.25, 0.3) is 11.1 Å². The molecule has 0 amide bonds. The first-order chi connectivity index (χ1) is 11.6. The topological polar surface area (TPSA) is 12.5 Å². The largest absolute Gasteiger partial charge is 0.481 e. The van der Waals surface area contributed by atoms with Gasteiger partial charge >= 0.3 is 0 Å². The Morgan fingerprint density at radius 2 is 1.75 bits per heavy atom. The fourth-order valence-corrected chi connectivity index (χ4v) is 4.48. The molecule has 0 aromatic heterocycles. The average molecular weight is 315 g/mol. The zero-order chi connectivity index (χ0) is 16.5. The summed E-state index contributed by atoms with van der Waals surface area (Å²) in [5.41, 5.74) is 6.55. The highest BCUT2D eigenvalue weighted by Gasteiger charge is 2.41. The van der Waals surface area contributed by atoms with Crippen LogP contribution >= 0.6 is 0 Å². The lowest BCUT2D eigenvalue weighted by atomic mass is 9.82. The van der Waals surface area contributed by atoms with Crippen molar-refractivity contribution in [3.63, 3.8) is 0 Å². The number of rotatable bonds is 0. The van der Waals surface area contributed by atoms with Crippen LogP contribution in [0.5, 0.6) is 5.75 Å². The van der Waals surface area contributed by atoms with Gasteiger partial charge < -0.3 is 9.64 Å². The zero-order valence-corrected chi connectivity index (χ0v) is 14.3. The predicted octanol–water partition coefficient (Wildman–Crippen LogP) is 4.68. The van der Waals surface area contributed by atoms with Crippen LogP contribution in [-0.4, -0.2) is 19.2 Å². The van der Waals surface area contributed by atoms with Crippen molar-refractivity contribution >= 4 is 5.69 Å². The van der Waals surface area contributed by atoms with E-state index in [-0.39, 0.29) is 17.6 Å². The summed E-state index contributed by atoms with van der Waals surface area (Å²) in [6.45, 7) is 4.62. The molecule has 0 saturated heterocycles. The highest BCUT2D eigenvalue weighted by molar-refractivity contribution is 5.90. The van der Waals surface area contributed by atoms with E-state index < -0.39 is 0 Å². The van der Waals surface area contributed by atoms with Gasteiger partial charge in [-0.05, 0) is 28.8 Å². The molecule has 0 N–H and O–H groups in total. The second kappa shape index (κ2) is 4.54. The Morgan fingerprint density at radius 1 is 0.958 bits per heavy atom. The number of fused-ring (bicyclic) bond motifs is 6. The van der Waals surface area contributed by atoms with Gasteiger partial charge in [0.1, 0.15) is 6.10 Å². The van der Waals surface area contributed by atoms with E-state index >= 15 is 0 Å². The van der Waals surface area contributed by atoms with Crippen molar-refractivity contribution in [3.05, 3.63) is 71.8 Å². The Bertz CT molecular complexity index is 906. The van der Waals surface area contributed by atoms with E-state index in [1.165, 1.54) is 27.9 Å². The molecule has 0 spiro atoms. The van der Waals surface area contributed by atoms with E-state index in [2.05, 4.69) is 86.5 Å². The summed E-state index contributed by atoms with van der Waals surface area (Å²) in [6, 6.07) is 13.5.